The second kappa shape index (κ2) is 33.0. The monoisotopic (exact) mass is 324 g/mol. The van der Waals surface area contributed by atoms with Crippen LogP contribution in [0.1, 0.15) is 6.42 Å². The van der Waals surface area contributed by atoms with E-state index in [1.807, 2.05) is 12.2 Å². The van der Waals surface area contributed by atoms with Crippen molar-refractivity contribution in [3.8, 4) is 0 Å². The van der Waals surface area contributed by atoms with E-state index in [0.29, 0.717) is 0 Å². The van der Waals surface area contributed by atoms with Crippen molar-refractivity contribution in [1.29, 1.82) is 0 Å². The molecule has 0 atom stereocenters. The van der Waals surface area contributed by atoms with Crippen LogP contribution in [0, 0.1) is 33.3 Å². The predicted molar refractivity (Wildman–Crippen MR) is 47.5 cm³/mol. The Kier molecular flexibility index (Phi) is 92.7. The normalized spacial score (nSPS) is 8.36. The number of nitrogens with zero attached hydrogens (tertiary/aromatic N) is 1. The summed E-state index contributed by atoms with van der Waals surface area (Å²) in [6.45, 7) is 0. The minimum absolute atomic E-state index is 0. The van der Waals surface area contributed by atoms with Crippen LogP contribution in [0.3, 0.4) is 0 Å². The van der Waals surface area contributed by atoms with E-state index in [4.69, 9.17) is 10.5 Å². The Hall–Kier alpha value is -0.232. The fraction of sp³-hybridized carbons (Fsp3) is 0.125. The van der Waals surface area contributed by atoms with Crippen LogP contribution in [0.15, 0.2) is 18.2 Å². The Morgan fingerprint density at radius 1 is 1.18 bits per heavy atom. The zero-order valence-corrected chi connectivity index (χ0v) is 10.1. The maximum atomic E-state index is 7.25. The summed E-state index contributed by atoms with van der Waals surface area (Å²) in [6.07, 6.45) is 10.0. The number of hydrogen-bond donors (Lipinski definition) is 0. The van der Waals surface area contributed by atoms with E-state index in [2.05, 4.69) is 12.2 Å². The van der Waals surface area contributed by atoms with Gasteiger partial charge in [-0.3, -0.25) is 6.08 Å². The van der Waals surface area contributed by atoms with Gasteiger partial charge in [-0.25, -0.2) is 12.2 Å². The van der Waals surface area contributed by atoms with Crippen LogP contribution in [-0.2, 0) is 21.1 Å². The molecule has 0 spiro atoms. The molecule has 11 heavy (non-hydrogen) atoms. The standard InChI is InChI=1S/C5H5.3CH3.NO.W/c1-2-4-5-3-1;;;;1-2;/h1-3H,4H2;3*1H3;;/q5*-1;. The first kappa shape index (κ1) is 30.9. The molecule has 0 fully saturated rings. The van der Waals surface area contributed by atoms with Gasteiger partial charge in [0.2, 0.25) is 0 Å². The number of hydrogen-bond acceptors (Lipinski definition) is 1. The summed E-state index contributed by atoms with van der Waals surface area (Å²) < 4.78 is 0. The van der Waals surface area contributed by atoms with Crippen LogP contribution >= 0.6 is 0 Å². The van der Waals surface area contributed by atoms with Gasteiger partial charge in [0.1, 0.15) is 0 Å². The maximum absolute atomic E-state index is 7.25. The van der Waals surface area contributed by atoms with E-state index < -0.39 is 0 Å². The average Bonchev–Trinajstić information content (AvgIpc) is 2.23. The zero-order chi connectivity index (χ0) is 5.54. The van der Waals surface area contributed by atoms with Crippen molar-refractivity contribution in [2.24, 2.45) is 0 Å². The zero-order valence-electron chi connectivity index (χ0n) is 7.20. The molecule has 0 unspecified atom stereocenters. The Morgan fingerprint density at radius 2 is 1.64 bits per heavy atom. The summed E-state index contributed by atoms with van der Waals surface area (Å²) in [6, 6.07) is 0. The summed E-state index contributed by atoms with van der Waals surface area (Å²) >= 11 is 0. The summed E-state index contributed by atoms with van der Waals surface area (Å²) in [4.78, 5) is 7.25. The molecule has 0 aromatic rings. The molecule has 1 aliphatic rings. The van der Waals surface area contributed by atoms with Gasteiger partial charge in [0.05, 0.1) is 0 Å². The number of allylic oxidation sites excluding steroid dienone is 4. The fourth-order valence-corrected chi connectivity index (χ4v) is 0.340. The topological polar surface area (TPSA) is 39.4 Å². The Morgan fingerprint density at radius 3 is 1.73 bits per heavy atom. The van der Waals surface area contributed by atoms with E-state index in [1.54, 1.807) is 0 Å². The molecule has 0 aromatic carbocycles. The van der Waals surface area contributed by atoms with E-state index in [1.165, 1.54) is 0 Å². The molecule has 0 aliphatic heterocycles. The van der Waals surface area contributed by atoms with Crippen molar-refractivity contribution in [3.05, 3.63) is 57.1 Å². The largest absolute Gasteiger partial charge is 0.577 e. The van der Waals surface area contributed by atoms with Crippen LogP contribution in [0.2, 0.25) is 0 Å². The number of nitroso groups, excluding NO2 is 1. The first-order valence-corrected chi connectivity index (χ1v) is 1.90. The molecule has 0 N–H and O–H groups in total. The molecule has 1 rings (SSSR count). The molecule has 0 saturated carbocycles. The van der Waals surface area contributed by atoms with Gasteiger partial charge in [-0.05, 0) is 0 Å². The van der Waals surface area contributed by atoms with Gasteiger partial charge in [-0.2, -0.15) is 6.08 Å². The Balaban J connectivity index is -0.0000000189. The van der Waals surface area contributed by atoms with E-state index in [9.17, 15) is 0 Å². The SMILES string of the molecule is [C-]1=CC=CC1.[CH3-].[CH3-].[CH3-].[N-]=O.[W]. The van der Waals surface area contributed by atoms with Crippen molar-refractivity contribution in [1.82, 2.24) is 0 Å². The van der Waals surface area contributed by atoms with Crippen molar-refractivity contribution in [2.75, 3.05) is 0 Å². The first-order valence-electron chi connectivity index (χ1n) is 1.90. The van der Waals surface area contributed by atoms with E-state index in [-0.39, 0.29) is 43.3 Å². The van der Waals surface area contributed by atoms with Crippen molar-refractivity contribution < 1.29 is 21.1 Å². The van der Waals surface area contributed by atoms with Crippen molar-refractivity contribution >= 4 is 0 Å². The van der Waals surface area contributed by atoms with E-state index in [0.717, 1.165) is 6.42 Å². The quantitative estimate of drug-likeness (QED) is 0.632. The van der Waals surface area contributed by atoms with Crippen LogP contribution in [0.5, 0.6) is 0 Å². The van der Waals surface area contributed by atoms with Crippen molar-refractivity contribution in [2.45, 2.75) is 6.42 Å². The molecule has 0 amide bonds. The van der Waals surface area contributed by atoms with Gasteiger partial charge in [0, 0.05) is 21.1 Å². The first-order chi connectivity index (χ1) is 3.50. The molecule has 0 heterocycles. The summed E-state index contributed by atoms with van der Waals surface area (Å²) in [5.41, 5.74) is 5.75. The molecular formula is C8H14NOW-5. The Labute approximate surface area is 84.8 Å². The maximum Gasteiger partial charge on any atom is 0 e. The fourth-order valence-electron chi connectivity index (χ4n) is 0.340. The van der Waals surface area contributed by atoms with Crippen LogP contribution in [0.4, 0.5) is 0 Å². The summed E-state index contributed by atoms with van der Waals surface area (Å²) in [5, 5.41) is 0. The predicted octanol–water partition coefficient (Wildman–Crippen LogP) is 2.98. The molecule has 3 heteroatoms. The van der Waals surface area contributed by atoms with Crippen molar-refractivity contribution in [3.63, 3.8) is 0 Å². The minimum atomic E-state index is 0. The van der Waals surface area contributed by atoms with Gasteiger partial charge < -0.3 is 32.8 Å². The molecule has 0 saturated heterocycles. The third-order valence-electron chi connectivity index (χ3n) is 0.586. The molecule has 0 bridgehead atoms. The second-order valence-corrected chi connectivity index (χ2v) is 1.00. The number of rotatable bonds is 0. The van der Waals surface area contributed by atoms with E-state index >= 15 is 0 Å². The second-order valence-electron chi connectivity index (χ2n) is 1.00. The van der Waals surface area contributed by atoms with Crippen LogP contribution < -0.4 is 0 Å². The molecule has 0 aromatic heterocycles. The molecule has 0 radical (unpaired) electrons. The third kappa shape index (κ3) is 25.9. The molecule has 2 nitrogen and oxygen atoms in total. The van der Waals surface area contributed by atoms with Gasteiger partial charge >= 0.3 is 0 Å². The third-order valence-corrected chi connectivity index (χ3v) is 0.586. The van der Waals surface area contributed by atoms with Crippen LogP contribution in [-0.4, -0.2) is 0 Å². The Bertz CT molecular complexity index is 82.1. The average molecular weight is 324 g/mol. The van der Waals surface area contributed by atoms with Gasteiger partial charge in [-0.1, -0.05) is 0 Å². The molecule has 68 valence electrons. The molecule has 1 aliphatic carbocycles. The summed E-state index contributed by atoms with van der Waals surface area (Å²) in [7, 11) is 0. The van der Waals surface area contributed by atoms with Crippen LogP contribution in [0.25, 0.3) is 5.59 Å². The van der Waals surface area contributed by atoms with Gasteiger partial charge in [0.25, 0.3) is 0 Å². The van der Waals surface area contributed by atoms with Gasteiger partial charge in [-0.15, -0.1) is 6.42 Å². The smallest absolute Gasteiger partial charge is 0 e. The summed E-state index contributed by atoms with van der Waals surface area (Å²) in [5.74, 6) is 0. The minimum Gasteiger partial charge on any atom is -0.577 e. The van der Waals surface area contributed by atoms with Gasteiger partial charge in [0.15, 0.2) is 0 Å². The molecular weight excluding hydrogens is 310 g/mol.